The van der Waals surface area contributed by atoms with E-state index in [2.05, 4.69) is 10.5 Å². The van der Waals surface area contributed by atoms with E-state index in [1.165, 1.54) is 20.4 Å². The van der Waals surface area contributed by atoms with Gasteiger partial charge in [-0.3, -0.25) is 4.79 Å². The van der Waals surface area contributed by atoms with Crippen LogP contribution in [0.3, 0.4) is 0 Å². The topological polar surface area (TPSA) is 69.2 Å². The summed E-state index contributed by atoms with van der Waals surface area (Å²) in [6, 6.07) is 10.2. The molecule has 1 N–H and O–H groups in total. The highest BCUT2D eigenvalue weighted by Gasteiger charge is 2.10. The van der Waals surface area contributed by atoms with Crippen molar-refractivity contribution in [1.82, 2.24) is 0 Å². The second-order valence-corrected chi connectivity index (χ2v) is 5.59. The highest BCUT2D eigenvalue weighted by Crippen LogP contribution is 2.35. The lowest BCUT2D eigenvalue weighted by Gasteiger charge is -2.09. The zero-order valence-corrected chi connectivity index (χ0v) is 15.1. The second-order valence-electron chi connectivity index (χ2n) is 4.77. The van der Waals surface area contributed by atoms with Crippen molar-refractivity contribution in [2.75, 3.05) is 26.1 Å². The molecule has 0 saturated carbocycles. The van der Waals surface area contributed by atoms with E-state index >= 15 is 0 Å². The number of hydrogen-bond donors (Lipinski definition) is 1. The summed E-state index contributed by atoms with van der Waals surface area (Å²) in [4.78, 5) is 16.8. The molecule has 0 atom stereocenters. The van der Waals surface area contributed by atoms with Crippen molar-refractivity contribution in [3.8, 4) is 11.5 Å². The van der Waals surface area contributed by atoms with E-state index in [9.17, 15) is 4.79 Å². The van der Waals surface area contributed by atoms with Crippen molar-refractivity contribution < 1.29 is 19.1 Å². The fourth-order valence-electron chi connectivity index (χ4n) is 1.96. The molecule has 2 aromatic rings. The van der Waals surface area contributed by atoms with Gasteiger partial charge in [0.15, 0.2) is 18.1 Å². The monoisotopic (exact) mass is 382 g/mol. The number of halogens is 2. The van der Waals surface area contributed by atoms with Crippen LogP contribution in [0, 0.1) is 0 Å². The van der Waals surface area contributed by atoms with E-state index in [0.717, 1.165) is 0 Å². The summed E-state index contributed by atoms with van der Waals surface area (Å²) in [6.45, 7) is -0.261. The second kappa shape index (κ2) is 9.15. The van der Waals surface area contributed by atoms with Crippen molar-refractivity contribution in [3.63, 3.8) is 0 Å². The van der Waals surface area contributed by atoms with Crippen molar-refractivity contribution in [2.24, 2.45) is 5.16 Å². The van der Waals surface area contributed by atoms with Crippen LogP contribution in [0.2, 0.25) is 10.0 Å². The van der Waals surface area contributed by atoms with E-state index in [4.69, 9.17) is 37.5 Å². The molecule has 0 aliphatic carbocycles. The average Bonchev–Trinajstić information content (AvgIpc) is 2.60. The Hall–Kier alpha value is -2.44. The van der Waals surface area contributed by atoms with Crippen LogP contribution in [-0.2, 0) is 9.63 Å². The molecular weight excluding hydrogens is 367 g/mol. The minimum atomic E-state index is -0.379. The molecule has 0 unspecified atom stereocenters. The maximum Gasteiger partial charge on any atom is 0.265 e. The molecule has 0 spiro atoms. The van der Waals surface area contributed by atoms with Gasteiger partial charge >= 0.3 is 0 Å². The molecule has 0 fully saturated rings. The third kappa shape index (κ3) is 5.27. The third-order valence-electron chi connectivity index (χ3n) is 3.08. The molecule has 8 heteroatoms. The lowest BCUT2D eigenvalue weighted by Crippen LogP contribution is -2.17. The number of nitrogens with one attached hydrogen (secondary N) is 1. The SMILES string of the molecule is COc1cc(/C=N\OCC(=O)Nc2ccccc2Cl)cc(Cl)c1OC. The van der Waals surface area contributed by atoms with E-state index in [0.29, 0.717) is 32.8 Å². The Kier molecular flexibility index (Phi) is 6.91. The highest BCUT2D eigenvalue weighted by atomic mass is 35.5. The van der Waals surface area contributed by atoms with Gasteiger partial charge in [0, 0.05) is 5.56 Å². The van der Waals surface area contributed by atoms with Crippen molar-refractivity contribution >= 4 is 41.0 Å². The van der Waals surface area contributed by atoms with Crippen molar-refractivity contribution in [2.45, 2.75) is 0 Å². The van der Waals surface area contributed by atoms with Crippen LogP contribution < -0.4 is 14.8 Å². The molecule has 6 nitrogen and oxygen atoms in total. The van der Waals surface area contributed by atoms with E-state index in [1.54, 1.807) is 36.4 Å². The van der Waals surface area contributed by atoms with Crippen LogP contribution in [0.1, 0.15) is 5.56 Å². The molecule has 0 saturated heterocycles. The van der Waals surface area contributed by atoms with Gasteiger partial charge in [-0.1, -0.05) is 40.5 Å². The van der Waals surface area contributed by atoms with Gasteiger partial charge in [0.25, 0.3) is 5.91 Å². The van der Waals surface area contributed by atoms with Gasteiger partial charge in [-0.2, -0.15) is 0 Å². The molecule has 0 bridgehead atoms. The summed E-state index contributed by atoms with van der Waals surface area (Å²) in [7, 11) is 3.00. The number of benzene rings is 2. The van der Waals surface area contributed by atoms with Crippen LogP contribution in [0.15, 0.2) is 41.6 Å². The number of nitrogens with zero attached hydrogens (tertiary/aromatic N) is 1. The first-order valence-corrected chi connectivity index (χ1v) is 7.92. The standard InChI is InChI=1S/C17H16Cl2N2O4/c1-23-15-8-11(7-13(19)17(15)24-2)9-20-25-10-16(22)21-14-6-4-3-5-12(14)18/h3-9H,10H2,1-2H3,(H,21,22)/b20-9-. The maximum atomic E-state index is 11.8. The predicted molar refractivity (Wildman–Crippen MR) is 98.2 cm³/mol. The first-order chi connectivity index (χ1) is 12.0. The van der Waals surface area contributed by atoms with Crippen LogP contribution in [-0.4, -0.2) is 32.9 Å². The number of carbonyl (C=O) groups excluding carboxylic acids is 1. The van der Waals surface area contributed by atoms with Crippen LogP contribution in [0.4, 0.5) is 5.69 Å². The number of anilines is 1. The zero-order chi connectivity index (χ0) is 18.2. The Morgan fingerprint density at radius 2 is 1.92 bits per heavy atom. The Morgan fingerprint density at radius 1 is 1.16 bits per heavy atom. The maximum absolute atomic E-state index is 11.8. The molecule has 2 aromatic carbocycles. The number of hydrogen-bond acceptors (Lipinski definition) is 5. The van der Waals surface area contributed by atoms with Gasteiger partial charge in [0.2, 0.25) is 0 Å². The molecule has 1 amide bonds. The minimum Gasteiger partial charge on any atom is -0.493 e. The number of amides is 1. The lowest BCUT2D eigenvalue weighted by atomic mass is 10.2. The Labute approximate surface area is 155 Å². The molecular formula is C17H16Cl2N2O4. The molecule has 25 heavy (non-hydrogen) atoms. The van der Waals surface area contributed by atoms with Crippen molar-refractivity contribution in [3.05, 3.63) is 52.0 Å². The number of ether oxygens (including phenoxy) is 2. The first kappa shape index (κ1) is 18.9. The first-order valence-electron chi connectivity index (χ1n) is 7.16. The third-order valence-corrected chi connectivity index (χ3v) is 3.69. The van der Waals surface area contributed by atoms with E-state index < -0.39 is 0 Å². The Bertz CT molecular complexity index is 781. The highest BCUT2D eigenvalue weighted by molar-refractivity contribution is 6.33. The molecule has 0 radical (unpaired) electrons. The van der Waals surface area contributed by atoms with E-state index in [-0.39, 0.29) is 12.5 Å². The number of methoxy groups -OCH3 is 2. The summed E-state index contributed by atoms with van der Waals surface area (Å²) in [5.74, 6) is 0.518. The smallest absolute Gasteiger partial charge is 0.265 e. The zero-order valence-electron chi connectivity index (χ0n) is 13.6. The molecule has 0 aliphatic rings. The molecule has 0 aliphatic heterocycles. The lowest BCUT2D eigenvalue weighted by molar-refractivity contribution is -0.120. The number of carbonyl (C=O) groups is 1. The van der Waals surface area contributed by atoms with Crippen LogP contribution in [0.25, 0.3) is 0 Å². The van der Waals surface area contributed by atoms with Crippen LogP contribution >= 0.6 is 23.2 Å². The van der Waals surface area contributed by atoms with Gasteiger partial charge in [-0.15, -0.1) is 0 Å². The van der Waals surface area contributed by atoms with Gasteiger partial charge in [-0.25, -0.2) is 0 Å². The molecule has 2 rings (SSSR count). The van der Waals surface area contributed by atoms with Gasteiger partial charge < -0.3 is 19.6 Å². The van der Waals surface area contributed by atoms with Gasteiger partial charge in [0.05, 0.1) is 36.2 Å². The Balaban J connectivity index is 1.92. The molecule has 132 valence electrons. The predicted octanol–water partition coefficient (Wildman–Crippen LogP) is 4.00. The van der Waals surface area contributed by atoms with Crippen LogP contribution in [0.5, 0.6) is 11.5 Å². The van der Waals surface area contributed by atoms with E-state index in [1.807, 2.05) is 0 Å². The van der Waals surface area contributed by atoms with Gasteiger partial charge in [0.1, 0.15) is 0 Å². The number of oxime groups is 1. The fourth-order valence-corrected chi connectivity index (χ4v) is 2.43. The normalized spacial score (nSPS) is 10.6. The summed E-state index contributed by atoms with van der Waals surface area (Å²) < 4.78 is 10.3. The summed E-state index contributed by atoms with van der Waals surface area (Å²) in [5.41, 5.74) is 1.14. The van der Waals surface area contributed by atoms with Crippen molar-refractivity contribution in [1.29, 1.82) is 0 Å². The number of rotatable bonds is 7. The van der Waals surface area contributed by atoms with Gasteiger partial charge in [-0.05, 0) is 24.3 Å². The Morgan fingerprint density at radius 3 is 2.60 bits per heavy atom. The number of para-hydroxylation sites is 1. The fraction of sp³-hybridized carbons (Fsp3) is 0.176. The quantitative estimate of drug-likeness (QED) is 0.580. The average molecular weight is 383 g/mol. The summed E-state index contributed by atoms with van der Waals surface area (Å²) >= 11 is 12.1. The molecule has 0 aromatic heterocycles. The summed E-state index contributed by atoms with van der Waals surface area (Å²) in [6.07, 6.45) is 1.41. The largest absolute Gasteiger partial charge is 0.493 e. The summed E-state index contributed by atoms with van der Waals surface area (Å²) in [5, 5.41) is 7.19. The minimum absolute atomic E-state index is 0.261. The molecule has 0 heterocycles.